The molecule has 0 radical (unpaired) electrons. The summed E-state index contributed by atoms with van der Waals surface area (Å²) in [6.07, 6.45) is 0. The Labute approximate surface area is 39.0 Å². The van der Waals surface area contributed by atoms with E-state index in [4.69, 9.17) is 11.6 Å². The average molecular weight is 110 g/mol. The monoisotopic (exact) mass is 110 g/mol. The highest BCUT2D eigenvalue weighted by molar-refractivity contribution is 6.19. The molecular formula is CH3ClN2O2. The molecule has 0 aliphatic carbocycles. The van der Waals surface area contributed by atoms with Crippen molar-refractivity contribution < 1.29 is 4.92 Å². The summed E-state index contributed by atoms with van der Waals surface area (Å²) < 4.78 is 0. The molecule has 0 heterocycles. The summed E-state index contributed by atoms with van der Waals surface area (Å²) in [6, 6.07) is 0. The number of nitrogens with two attached hydrogens (primary N) is 1. The third-order valence-electron chi connectivity index (χ3n) is 0.201. The summed E-state index contributed by atoms with van der Waals surface area (Å²) in [5.41, 5.74) is 3.05. The van der Waals surface area contributed by atoms with Crippen LogP contribution in [0.25, 0.3) is 0 Å². The topological polar surface area (TPSA) is 69.2 Å². The molecule has 0 aromatic rings. The number of nitrogens with zero attached hydrogens (tertiary/aromatic N) is 1. The van der Waals surface area contributed by atoms with Crippen LogP contribution in [0, 0.1) is 10.1 Å². The van der Waals surface area contributed by atoms with E-state index in [0.29, 0.717) is 0 Å². The van der Waals surface area contributed by atoms with Gasteiger partial charge in [-0.15, -0.1) is 0 Å². The van der Waals surface area contributed by atoms with Crippen molar-refractivity contribution in [1.29, 1.82) is 0 Å². The summed E-state index contributed by atoms with van der Waals surface area (Å²) in [4.78, 5) is 8.46. The molecule has 36 valence electrons. The Morgan fingerprint density at radius 3 is 2.17 bits per heavy atom. The minimum atomic E-state index is -1.45. The maximum absolute atomic E-state index is 9.25. The van der Waals surface area contributed by atoms with Crippen LogP contribution in [0.2, 0.25) is 0 Å². The van der Waals surface area contributed by atoms with Crippen molar-refractivity contribution in [3.63, 3.8) is 0 Å². The molecule has 0 bridgehead atoms. The van der Waals surface area contributed by atoms with Crippen LogP contribution in [0.5, 0.6) is 0 Å². The van der Waals surface area contributed by atoms with Gasteiger partial charge in [0.05, 0.1) is 4.92 Å². The van der Waals surface area contributed by atoms with Crippen LogP contribution >= 0.6 is 11.6 Å². The lowest BCUT2D eigenvalue weighted by molar-refractivity contribution is -0.497. The molecule has 4 nitrogen and oxygen atoms in total. The third kappa shape index (κ3) is 1.92. The standard InChI is InChI=1S/CH3ClN2O2/c2-1(3)4(5)6/h1H,3H2/t1-/m1/s1. The van der Waals surface area contributed by atoms with Gasteiger partial charge in [-0.3, -0.25) is 15.8 Å². The highest BCUT2D eigenvalue weighted by atomic mass is 35.5. The van der Waals surface area contributed by atoms with Crippen LogP contribution in [0.1, 0.15) is 0 Å². The Morgan fingerprint density at radius 1 is 2.00 bits per heavy atom. The molecule has 0 spiro atoms. The van der Waals surface area contributed by atoms with Crippen LogP contribution in [0.4, 0.5) is 0 Å². The Hall–Kier alpha value is -0.350. The fourth-order valence-corrected chi connectivity index (χ4v) is 0. The van der Waals surface area contributed by atoms with Gasteiger partial charge in [0, 0.05) is 0 Å². The summed E-state index contributed by atoms with van der Waals surface area (Å²) in [7, 11) is 0. The molecule has 1 atom stereocenters. The van der Waals surface area contributed by atoms with Crippen LogP contribution < -0.4 is 5.73 Å². The molecule has 2 N–H and O–H groups in total. The Balaban J connectivity index is 3.26. The first-order valence-corrected chi connectivity index (χ1v) is 1.61. The molecular weight excluding hydrogens is 107 g/mol. The van der Waals surface area contributed by atoms with E-state index >= 15 is 0 Å². The van der Waals surface area contributed by atoms with Gasteiger partial charge in [-0.05, 0) is 11.6 Å². The first-order chi connectivity index (χ1) is 2.64. The molecule has 0 saturated carbocycles. The van der Waals surface area contributed by atoms with Crippen molar-refractivity contribution in [1.82, 2.24) is 0 Å². The van der Waals surface area contributed by atoms with Gasteiger partial charge in [-0.25, -0.2) is 0 Å². The van der Waals surface area contributed by atoms with Crippen LogP contribution in [0.15, 0.2) is 0 Å². The molecule has 0 saturated heterocycles. The SMILES string of the molecule is N[C@@H](Cl)[N+](=O)[O-]. The third-order valence-corrected chi connectivity index (χ3v) is 0.361. The van der Waals surface area contributed by atoms with Crippen molar-refractivity contribution in [2.45, 2.75) is 5.62 Å². The molecule has 0 aliphatic rings. The van der Waals surface area contributed by atoms with E-state index in [1.807, 2.05) is 0 Å². The van der Waals surface area contributed by atoms with Crippen molar-refractivity contribution in [2.24, 2.45) is 5.73 Å². The number of hydrogen-bond donors (Lipinski definition) is 1. The van der Waals surface area contributed by atoms with E-state index in [9.17, 15) is 10.1 Å². The van der Waals surface area contributed by atoms with E-state index in [2.05, 4.69) is 5.73 Å². The fraction of sp³-hybridized carbons (Fsp3) is 1.00. The van der Waals surface area contributed by atoms with E-state index in [-0.39, 0.29) is 0 Å². The smallest absolute Gasteiger partial charge is 0.262 e. The van der Waals surface area contributed by atoms with Gasteiger partial charge in [0.25, 0.3) is 0 Å². The normalized spacial score (nSPS) is 13.7. The highest BCUT2D eigenvalue weighted by Gasteiger charge is 2.03. The molecule has 6 heavy (non-hydrogen) atoms. The molecule has 0 rings (SSSR count). The summed E-state index contributed by atoms with van der Waals surface area (Å²) in [5, 5.41) is 9.25. The lowest BCUT2D eigenvalue weighted by Crippen LogP contribution is -2.21. The van der Waals surface area contributed by atoms with E-state index < -0.39 is 10.5 Å². The van der Waals surface area contributed by atoms with Gasteiger partial charge in [0.15, 0.2) is 0 Å². The molecule has 5 heteroatoms. The molecule has 0 aromatic heterocycles. The fourth-order valence-electron chi connectivity index (χ4n) is 0. The van der Waals surface area contributed by atoms with Crippen molar-refractivity contribution in [3.8, 4) is 0 Å². The first-order valence-electron chi connectivity index (χ1n) is 1.17. The van der Waals surface area contributed by atoms with Gasteiger partial charge >= 0.3 is 5.62 Å². The lowest BCUT2D eigenvalue weighted by atomic mass is 11.2. The Bertz CT molecular complexity index is 62.6. The second-order valence-corrected chi connectivity index (χ2v) is 1.11. The highest BCUT2D eigenvalue weighted by Crippen LogP contribution is 1.81. The molecule has 0 aromatic carbocycles. The molecule has 0 amide bonds. The minimum absolute atomic E-state index is 0.790. The predicted octanol–water partition coefficient (Wildman–Crippen LogP) is -0.256. The number of nitro groups is 1. The van der Waals surface area contributed by atoms with Gasteiger partial charge < -0.3 is 0 Å². The zero-order chi connectivity index (χ0) is 5.15. The summed E-state index contributed by atoms with van der Waals surface area (Å²) >= 11 is 4.69. The second kappa shape index (κ2) is 1.94. The lowest BCUT2D eigenvalue weighted by Gasteiger charge is -1.86. The summed E-state index contributed by atoms with van der Waals surface area (Å²) in [6.45, 7) is 0. The second-order valence-electron chi connectivity index (χ2n) is 0.658. The van der Waals surface area contributed by atoms with Gasteiger partial charge in [-0.2, -0.15) is 0 Å². The quantitative estimate of drug-likeness (QED) is 0.166. The largest absolute Gasteiger partial charge is 0.339 e. The number of hydrogen-bond acceptors (Lipinski definition) is 3. The molecule has 0 unspecified atom stereocenters. The Kier molecular flexibility index (Phi) is 1.83. The van der Waals surface area contributed by atoms with Gasteiger partial charge in [0.2, 0.25) is 0 Å². The maximum atomic E-state index is 9.25. The molecule has 0 aliphatic heterocycles. The van der Waals surface area contributed by atoms with Crippen LogP contribution in [-0.2, 0) is 0 Å². The number of rotatable bonds is 1. The summed E-state index contributed by atoms with van der Waals surface area (Å²) in [5.74, 6) is 0. The zero-order valence-electron chi connectivity index (χ0n) is 2.80. The molecule has 0 fully saturated rings. The van der Waals surface area contributed by atoms with E-state index in [1.54, 1.807) is 0 Å². The minimum Gasteiger partial charge on any atom is -0.262 e. The number of alkyl halides is 1. The predicted molar refractivity (Wildman–Crippen MR) is 20.8 cm³/mol. The zero-order valence-corrected chi connectivity index (χ0v) is 3.55. The average Bonchev–Trinajstić information content (AvgIpc) is 1.36. The van der Waals surface area contributed by atoms with Crippen molar-refractivity contribution >= 4 is 11.6 Å². The van der Waals surface area contributed by atoms with Crippen LogP contribution in [-0.4, -0.2) is 10.5 Å². The van der Waals surface area contributed by atoms with Gasteiger partial charge in [0.1, 0.15) is 0 Å². The maximum Gasteiger partial charge on any atom is 0.339 e. The Morgan fingerprint density at radius 2 is 2.17 bits per heavy atom. The van der Waals surface area contributed by atoms with E-state index in [0.717, 1.165) is 0 Å². The van der Waals surface area contributed by atoms with Crippen LogP contribution in [0.3, 0.4) is 0 Å². The van der Waals surface area contributed by atoms with Crippen molar-refractivity contribution in [3.05, 3.63) is 10.1 Å². The van der Waals surface area contributed by atoms with E-state index in [1.165, 1.54) is 0 Å². The first kappa shape index (κ1) is 5.65. The van der Waals surface area contributed by atoms with Gasteiger partial charge in [-0.1, -0.05) is 0 Å². The van der Waals surface area contributed by atoms with Crippen molar-refractivity contribution in [2.75, 3.05) is 0 Å². The number of halogens is 1.